The summed E-state index contributed by atoms with van der Waals surface area (Å²) < 4.78 is 31.6. The minimum Gasteiger partial charge on any atom is -0.463 e. The molecular weight excluding hydrogens is 292 g/mol. The van der Waals surface area contributed by atoms with Gasteiger partial charge in [-0.05, 0) is 37.5 Å². The zero-order valence-electron chi connectivity index (χ0n) is 12.0. The molecular formula is C14H20N2O4S. The van der Waals surface area contributed by atoms with Crippen molar-refractivity contribution < 1.29 is 17.9 Å². The fraction of sp³-hybridized carbons (Fsp3) is 0.500. The molecule has 1 aromatic carbocycles. The first-order valence-corrected chi connectivity index (χ1v) is 8.36. The molecule has 116 valence electrons. The van der Waals surface area contributed by atoms with Gasteiger partial charge in [0.25, 0.3) is 0 Å². The number of hydrogen-bond donors (Lipinski definition) is 1. The van der Waals surface area contributed by atoms with Crippen LogP contribution in [0, 0.1) is 6.92 Å². The molecule has 0 bridgehead atoms. The smallest absolute Gasteiger partial charge is 0.324 e. The van der Waals surface area contributed by atoms with Crippen LogP contribution in [0.3, 0.4) is 0 Å². The Morgan fingerprint density at radius 1 is 1.48 bits per heavy atom. The van der Waals surface area contributed by atoms with Crippen molar-refractivity contribution in [1.29, 1.82) is 0 Å². The molecule has 2 rings (SSSR count). The Balaban J connectivity index is 2.24. The SMILES string of the molecule is Cc1cccc(S(=O)(=O)N2CCC[C@H]2C(=O)OCCN)c1. The summed E-state index contributed by atoms with van der Waals surface area (Å²) in [5.74, 6) is -0.519. The van der Waals surface area contributed by atoms with Gasteiger partial charge >= 0.3 is 5.97 Å². The van der Waals surface area contributed by atoms with Crippen LogP contribution in [0.1, 0.15) is 18.4 Å². The van der Waals surface area contributed by atoms with Crippen molar-refractivity contribution in [3.63, 3.8) is 0 Å². The van der Waals surface area contributed by atoms with Crippen molar-refractivity contribution in [3.05, 3.63) is 29.8 Å². The van der Waals surface area contributed by atoms with Gasteiger partial charge in [-0.2, -0.15) is 4.31 Å². The summed E-state index contributed by atoms with van der Waals surface area (Å²) in [5.41, 5.74) is 6.15. The molecule has 2 N–H and O–H groups in total. The second-order valence-corrected chi connectivity index (χ2v) is 6.94. The third kappa shape index (κ3) is 3.42. The van der Waals surface area contributed by atoms with Gasteiger partial charge in [-0.15, -0.1) is 0 Å². The van der Waals surface area contributed by atoms with E-state index in [1.807, 2.05) is 13.0 Å². The molecule has 0 saturated carbocycles. The lowest BCUT2D eigenvalue weighted by Gasteiger charge is -2.22. The number of benzene rings is 1. The molecule has 0 unspecified atom stereocenters. The van der Waals surface area contributed by atoms with E-state index in [0.717, 1.165) is 5.56 Å². The van der Waals surface area contributed by atoms with Gasteiger partial charge in [0.15, 0.2) is 0 Å². The van der Waals surface area contributed by atoms with E-state index in [1.54, 1.807) is 18.2 Å². The Bertz CT molecular complexity index is 615. The van der Waals surface area contributed by atoms with E-state index in [1.165, 1.54) is 4.31 Å². The summed E-state index contributed by atoms with van der Waals surface area (Å²) in [5, 5.41) is 0. The van der Waals surface area contributed by atoms with Crippen molar-refractivity contribution in [3.8, 4) is 0 Å². The second kappa shape index (κ2) is 6.55. The molecule has 1 aliphatic rings. The van der Waals surface area contributed by atoms with Crippen LogP contribution < -0.4 is 5.73 Å². The van der Waals surface area contributed by atoms with Gasteiger partial charge in [0, 0.05) is 13.1 Å². The third-order valence-electron chi connectivity index (χ3n) is 3.43. The standard InChI is InChI=1S/C14H20N2O4S/c1-11-4-2-5-12(10-11)21(18,19)16-8-3-6-13(16)14(17)20-9-7-15/h2,4-5,10,13H,3,6-9,15H2,1H3/t13-/m0/s1. The fourth-order valence-electron chi connectivity index (χ4n) is 2.43. The summed E-state index contributed by atoms with van der Waals surface area (Å²) in [6, 6.07) is 5.93. The van der Waals surface area contributed by atoms with Gasteiger partial charge in [0.2, 0.25) is 10.0 Å². The van der Waals surface area contributed by atoms with Gasteiger partial charge in [-0.1, -0.05) is 12.1 Å². The molecule has 0 amide bonds. The highest BCUT2D eigenvalue weighted by molar-refractivity contribution is 7.89. The maximum absolute atomic E-state index is 12.7. The number of carbonyl (C=O) groups excluding carboxylic acids is 1. The van der Waals surface area contributed by atoms with Crippen LogP contribution in [0.2, 0.25) is 0 Å². The predicted octanol–water partition coefficient (Wildman–Crippen LogP) is 0.650. The van der Waals surface area contributed by atoms with Crippen molar-refractivity contribution >= 4 is 16.0 Å². The quantitative estimate of drug-likeness (QED) is 0.806. The highest BCUT2D eigenvalue weighted by Crippen LogP contribution is 2.27. The minimum absolute atomic E-state index is 0.105. The first-order valence-electron chi connectivity index (χ1n) is 6.92. The summed E-state index contributed by atoms with van der Waals surface area (Å²) in [7, 11) is -3.68. The predicted molar refractivity (Wildman–Crippen MR) is 78.1 cm³/mol. The van der Waals surface area contributed by atoms with Crippen LogP contribution in [-0.2, 0) is 19.6 Å². The third-order valence-corrected chi connectivity index (χ3v) is 5.34. The normalized spacial score (nSPS) is 19.6. The average Bonchev–Trinajstić information content (AvgIpc) is 2.95. The topological polar surface area (TPSA) is 89.7 Å². The van der Waals surface area contributed by atoms with Gasteiger partial charge in [0.05, 0.1) is 4.90 Å². The molecule has 1 aliphatic heterocycles. The van der Waals surface area contributed by atoms with Gasteiger partial charge in [-0.25, -0.2) is 8.42 Å². The summed E-state index contributed by atoms with van der Waals surface area (Å²) in [4.78, 5) is 12.2. The first-order chi connectivity index (χ1) is 9.96. The summed E-state index contributed by atoms with van der Waals surface area (Å²) in [6.45, 7) is 2.49. The minimum atomic E-state index is -3.68. The Kier molecular flexibility index (Phi) is 4.97. The maximum atomic E-state index is 12.7. The molecule has 0 aromatic heterocycles. The number of nitrogens with two attached hydrogens (primary N) is 1. The van der Waals surface area contributed by atoms with Crippen LogP contribution in [-0.4, -0.2) is 44.4 Å². The van der Waals surface area contributed by atoms with E-state index in [-0.39, 0.29) is 18.0 Å². The Morgan fingerprint density at radius 2 is 2.24 bits per heavy atom. The van der Waals surface area contributed by atoms with Crippen LogP contribution >= 0.6 is 0 Å². The molecule has 6 nitrogen and oxygen atoms in total. The Morgan fingerprint density at radius 3 is 2.90 bits per heavy atom. The number of ether oxygens (including phenoxy) is 1. The van der Waals surface area contributed by atoms with E-state index in [9.17, 15) is 13.2 Å². The molecule has 0 aliphatic carbocycles. The number of esters is 1. The molecule has 21 heavy (non-hydrogen) atoms. The lowest BCUT2D eigenvalue weighted by molar-refractivity contribution is -0.147. The molecule has 1 atom stereocenters. The summed E-state index contributed by atoms with van der Waals surface area (Å²) >= 11 is 0. The van der Waals surface area contributed by atoms with Crippen molar-refractivity contribution in [1.82, 2.24) is 4.31 Å². The van der Waals surface area contributed by atoms with E-state index in [4.69, 9.17) is 10.5 Å². The van der Waals surface area contributed by atoms with Crippen LogP contribution in [0.4, 0.5) is 0 Å². The molecule has 0 spiro atoms. The molecule has 1 heterocycles. The Hall–Kier alpha value is -1.44. The second-order valence-electron chi connectivity index (χ2n) is 5.05. The van der Waals surface area contributed by atoms with Crippen molar-refractivity contribution in [2.75, 3.05) is 19.7 Å². The van der Waals surface area contributed by atoms with E-state index >= 15 is 0 Å². The number of hydrogen-bond acceptors (Lipinski definition) is 5. The highest BCUT2D eigenvalue weighted by atomic mass is 32.2. The lowest BCUT2D eigenvalue weighted by atomic mass is 10.2. The fourth-order valence-corrected chi connectivity index (χ4v) is 4.18. The molecule has 1 fully saturated rings. The van der Waals surface area contributed by atoms with Crippen molar-refractivity contribution in [2.24, 2.45) is 5.73 Å². The first kappa shape index (κ1) is 15.9. The number of carbonyl (C=O) groups is 1. The number of aryl methyl sites for hydroxylation is 1. The van der Waals surface area contributed by atoms with Crippen LogP contribution in [0.25, 0.3) is 0 Å². The van der Waals surface area contributed by atoms with Crippen LogP contribution in [0.15, 0.2) is 29.2 Å². The van der Waals surface area contributed by atoms with Gasteiger partial charge in [0.1, 0.15) is 12.6 Å². The Labute approximate surface area is 124 Å². The van der Waals surface area contributed by atoms with E-state index in [2.05, 4.69) is 0 Å². The maximum Gasteiger partial charge on any atom is 0.324 e. The van der Waals surface area contributed by atoms with Crippen LogP contribution in [0.5, 0.6) is 0 Å². The van der Waals surface area contributed by atoms with Gasteiger partial charge < -0.3 is 10.5 Å². The van der Waals surface area contributed by atoms with Gasteiger partial charge in [-0.3, -0.25) is 4.79 Å². The average molecular weight is 312 g/mol. The zero-order valence-corrected chi connectivity index (χ0v) is 12.8. The monoisotopic (exact) mass is 312 g/mol. The lowest BCUT2D eigenvalue weighted by Crippen LogP contribution is -2.41. The molecule has 0 radical (unpaired) electrons. The molecule has 1 aromatic rings. The van der Waals surface area contributed by atoms with E-state index < -0.39 is 22.0 Å². The number of sulfonamides is 1. The molecule has 1 saturated heterocycles. The number of nitrogens with zero attached hydrogens (tertiary/aromatic N) is 1. The van der Waals surface area contributed by atoms with E-state index in [0.29, 0.717) is 19.4 Å². The number of rotatable bonds is 5. The largest absolute Gasteiger partial charge is 0.463 e. The summed E-state index contributed by atoms with van der Waals surface area (Å²) in [6.07, 6.45) is 1.13. The zero-order chi connectivity index (χ0) is 15.5. The highest BCUT2D eigenvalue weighted by Gasteiger charge is 2.40. The molecule has 7 heteroatoms. The van der Waals surface area contributed by atoms with Crippen molar-refractivity contribution in [2.45, 2.75) is 30.7 Å².